The molecule has 0 saturated heterocycles. The lowest BCUT2D eigenvalue weighted by molar-refractivity contribution is 0.479. The van der Waals surface area contributed by atoms with Gasteiger partial charge in [-0.25, -0.2) is 0 Å². The van der Waals surface area contributed by atoms with Crippen molar-refractivity contribution >= 4 is 68.1 Å². The molecule has 0 fully saturated rings. The molecule has 6 aromatic carbocycles. The Hall–Kier alpha value is -5.42. The van der Waals surface area contributed by atoms with E-state index in [-0.39, 0.29) is 28.5 Å². The molecule has 0 radical (unpaired) electrons. The van der Waals surface area contributed by atoms with Crippen molar-refractivity contribution in [2.45, 2.75) is 105 Å². The van der Waals surface area contributed by atoms with E-state index in [1.165, 1.54) is 61.4 Å². The first-order valence-electron chi connectivity index (χ1n) is 20.6. The van der Waals surface area contributed by atoms with Crippen LogP contribution in [0.3, 0.4) is 0 Å². The van der Waals surface area contributed by atoms with Crippen LogP contribution in [-0.2, 0) is 21.7 Å². The Kier molecular flexibility index (Phi) is 7.31. The number of anilines is 5. The SMILES string of the molecule is CC(C)(C)c1ccc(N2c3cc(C(C)(C)C)ccc3B3c4c(cc(C(C)(C)C)cc42)-c2cc(C(C)(C)C)cc4c2N3c2ccc3oc5ccccc5c3c2O4)cc1. The molecular formula is C52H53BN2O2. The number of para-hydroxylation sites is 1. The minimum absolute atomic E-state index is 0.0370. The van der Waals surface area contributed by atoms with Gasteiger partial charge in [0.1, 0.15) is 11.2 Å². The zero-order valence-electron chi connectivity index (χ0n) is 35.6. The Morgan fingerprint density at radius 2 is 1.12 bits per heavy atom. The van der Waals surface area contributed by atoms with E-state index in [4.69, 9.17) is 9.15 Å². The first-order valence-corrected chi connectivity index (χ1v) is 20.6. The number of ether oxygens (including phenoxy) is 1. The molecule has 0 bridgehead atoms. The number of furan rings is 1. The van der Waals surface area contributed by atoms with Gasteiger partial charge in [-0.1, -0.05) is 132 Å². The molecule has 0 saturated carbocycles. The van der Waals surface area contributed by atoms with Crippen molar-refractivity contribution < 1.29 is 9.15 Å². The molecule has 7 aromatic rings. The highest BCUT2D eigenvalue weighted by molar-refractivity contribution is 6.93. The average Bonchev–Trinajstić information content (AvgIpc) is 3.53. The number of fused-ring (bicyclic) bond motifs is 10. The zero-order chi connectivity index (χ0) is 40.1. The topological polar surface area (TPSA) is 28.9 Å². The summed E-state index contributed by atoms with van der Waals surface area (Å²) >= 11 is 0. The van der Waals surface area contributed by atoms with E-state index in [1.54, 1.807) is 0 Å². The van der Waals surface area contributed by atoms with Crippen LogP contribution in [0, 0.1) is 0 Å². The van der Waals surface area contributed by atoms with Crippen molar-refractivity contribution in [3.8, 4) is 22.6 Å². The summed E-state index contributed by atoms with van der Waals surface area (Å²) < 4.78 is 13.7. The highest BCUT2D eigenvalue weighted by atomic mass is 16.5. The van der Waals surface area contributed by atoms with Crippen LogP contribution in [0.1, 0.15) is 105 Å². The van der Waals surface area contributed by atoms with Crippen LogP contribution in [0.4, 0.5) is 28.4 Å². The van der Waals surface area contributed by atoms with E-state index in [9.17, 15) is 0 Å². The second-order valence-corrected chi connectivity index (χ2v) is 20.7. The molecule has 1 aromatic heterocycles. The smallest absolute Gasteiger partial charge is 0.333 e. The third kappa shape index (κ3) is 5.34. The molecule has 0 aliphatic carbocycles. The van der Waals surface area contributed by atoms with Crippen LogP contribution in [0.2, 0.25) is 0 Å². The lowest BCUT2D eigenvalue weighted by Gasteiger charge is -2.48. The maximum Gasteiger partial charge on any atom is 0.333 e. The quantitative estimate of drug-likeness (QED) is 0.156. The summed E-state index contributed by atoms with van der Waals surface area (Å²) in [6.07, 6.45) is 0. The number of hydrogen-bond acceptors (Lipinski definition) is 4. The Bertz CT molecular complexity index is 2820. The molecule has 0 unspecified atom stereocenters. The molecule has 0 spiro atoms. The lowest BCUT2D eigenvalue weighted by atomic mass is 9.43. The van der Waals surface area contributed by atoms with E-state index < -0.39 is 0 Å². The molecule has 3 aliphatic heterocycles. The molecule has 4 heterocycles. The zero-order valence-corrected chi connectivity index (χ0v) is 35.6. The maximum absolute atomic E-state index is 7.26. The number of rotatable bonds is 1. The predicted molar refractivity (Wildman–Crippen MR) is 242 cm³/mol. The molecule has 286 valence electrons. The standard InChI is InChI=1S/C52H53BN2O2/c1-49(2,3)30-17-20-34(21-18-30)54-40-27-31(50(4,5)6)19-22-38(40)53-46-36(25-32(28-41(46)54)51(7,8)9)37-26-33(52(10,11)12)29-44-47(37)55(53)39-23-24-43-45(48(39)57-44)35-15-13-14-16-42(35)56-43/h13-29H,1-12H3. The Labute approximate surface area is 338 Å². The second-order valence-electron chi connectivity index (χ2n) is 20.7. The van der Waals surface area contributed by atoms with Crippen molar-refractivity contribution in [1.82, 2.24) is 0 Å². The summed E-state index contributed by atoms with van der Waals surface area (Å²) in [7, 11) is 0. The summed E-state index contributed by atoms with van der Waals surface area (Å²) in [4.78, 5) is 5.17. The summed E-state index contributed by atoms with van der Waals surface area (Å²) in [6.45, 7) is 27.6. The van der Waals surface area contributed by atoms with Crippen molar-refractivity contribution in [2.75, 3.05) is 9.71 Å². The van der Waals surface area contributed by atoms with Gasteiger partial charge in [0, 0.05) is 28.0 Å². The third-order valence-corrected chi connectivity index (χ3v) is 12.6. The molecule has 0 atom stereocenters. The lowest BCUT2D eigenvalue weighted by Crippen LogP contribution is -2.62. The van der Waals surface area contributed by atoms with Gasteiger partial charge in [-0.2, -0.15) is 0 Å². The van der Waals surface area contributed by atoms with Crippen LogP contribution in [0.15, 0.2) is 108 Å². The van der Waals surface area contributed by atoms with Crippen LogP contribution in [0.25, 0.3) is 33.1 Å². The summed E-state index contributed by atoms with van der Waals surface area (Å²) in [5.41, 5.74) is 17.6. The average molecular weight is 749 g/mol. The van der Waals surface area contributed by atoms with Crippen molar-refractivity contribution in [3.63, 3.8) is 0 Å². The molecular weight excluding hydrogens is 695 g/mol. The van der Waals surface area contributed by atoms with Crippen LogP contribution in [0.5, 0.6) is 11.5 Å². The van der Waals surface area contributed by atoms with Crippen LogP contribution < -0.4 is 25.4 Å². The van der Waals surface area contributed by atoms with Gasteiger partial charge in [0.2, 0.25) is 0 Å². The van der Waals surface area contributed by atoms with Gasteiger partial charge >= 0.3 is 6.85 Å². The fourth-order valence-electron chi connectivity index (χ4n) is 9.28. The fraction of sp³-hybridized carbons (Fsp3) is 0.308. The van der Waals surface area contributed by atoms with Gasteiger partial charge in [-0.3, -0.25) is 0 Å². The van der Waals surface area contributed by atoms with Gasteiger partial charge in [0.25, 0.3) is 0 Å². The molecule has 10 rings (SSSR count). The summed E-state index contributed by atoms with van der Waals surface area (Å²) in [5.74, 6) is 1.75. The molecule has 57 heavy (non-hydrogen) atoms. The molecule has 0 amide bonds. The van der Waals surface area contributed by atoms with Crippen molar-refractivity contribution in [3.05, 3.63) is 125 Å². The molecule has 3 aliphatic rings. The maximum atomic E-state index is 7.26. The largest absolute Gasteiger partial charge is 0.456 e. The van der Waals surface area contributed by atoms with E-state index in [0.717, 1.165) is 44.8 Å². The Morgan fingerprint density at radius 1 is 0.509 bits per heavy atom. The molecule has 4 nitrogen and oxygen atoms in total. The molecule has 5 heteroatoms. The van der Waals surface area contributed by atoms with Gasteiger partial charge in [0.05, 0.1) is 16.8 Å². The van der Waals surface area contributed by atoms with E-state index in [0.29, 0.717) is 0 Å². The van der Waals surface area contributed by atoms with E-state index >= 15 is 0 Å². The molecule has 0 N–H and O–H groups in total. The predicted octanol–water partition coefficient (Wildman–Crippen LogP) is 13.6. The number of hydrogen-bond donors (Lipinski definition) is 0. The minimum atomic E-state index is -0.108. The first-order chi connectivity index (χ1) is 26.8. The van der Waals surface area contributed by atoms with Crippen molar-refractivity contribution in [2.24, 2.45) is 0 Å². The van der Waals surface area contributed by atoms with Crippen molar-refractivity contribution in [1.29, 1.82) is 0 Å². The minimum Gasteiger partial charge on any atom is -0.456 e. The van der Waals surface area contributed by atoms with Crippen LogP contribution in [-0.4, -0.2) is 6.85 Å². The van der Waals surface area contributed by atoms with Crippen LogP contribution >= 0.6 is 0 Å². The first kappa shape index (κ1) is 36.0. The number of benzene rings is 6. The monoisotopic (exact) mass is 748 g/mol. The Morgan fingerprint density at radius 3 is 1.81 bits per heavy atom. The second kappa shape index (κ2) is 11.6. The fourth-order valence-corrected chi connectivity index (χ4v) is 9.28. The third-order valence-electron chi connectivity index (χ3n) is 12.6. The van der Waals surface area contributed by atoms with E-state index in [1.807, 2.05) is 6.07 Å². The number of nitrogens with zero attached hydrogens (tertiary/aromatic N) is 2. The highest BCUT2D eigenvalue weighted by Crippen LogP contribution is 2.59. The van der Waals surface area contributed by atoms with Gasteiger partial charge in [-0.15, -0.1) is 0 Å². The van der Waals surface area contributed by atoms with Gasteiger partial charge in [0.15, 0.2) is 11.5 Å². The van der Waals surface area contributed by atoms with E-state index in [2.05, 4.69) is 190 Å². The summed E-state index contributed by atoms with van der Waals surface area (Å²) in [6, 6.07) is 39.0. The summed E-state index contributed by atoms with van der Waals surface area (Å²) in [5, 5.41) is 2.09. The highest BCUT2D eigenvalue weighted by Gasteiger charge is 2.49. The van der Waals surface area contributed by atoms with Gasteiger partial charge in [-0.05, 0) is 115 Å². The van der Waals surface area contributed by atoms with Gasteiger partial charge < -0.3 is 18.9 Å². The normalized spacial score (nSPS) is 14.7. The Balaban J connectivity index is 1.35.